The van der Waals surface area contributed by atoms with Crippen LogP contribution in [0.3, 0.4) is 0 Å². The molecule has 0 bridgehead atoms. The van der Waals surface area contributed by atoms with Gasteiger partial charge in [0.1, 0.15) is 5.82 Å². The first kappa shape index (κ1) is 15.8. The van der Waals surface area contributed by atoms with E-state index in [1.54, 1.807) is 24.5 Å². The van der Waals surface area contributed by atoms with Gasteiger partial charge in [-0.1, -0.05) is 18.2 Å². The van der Waals surface area contributed by atoms with Crippen LogP contribution < -0.4 is 5.73 Å². The summed E-state index contributed by atoms with van der Waals surface area (Å²) in [6.45, 7) is 0. The third kappa shape index (κ3) is 3.97. The predicted octanol–water partition coefficient (Wildman–Crippen LogP) is 3.11. The molecule has 0 aliphatic rings. The van der Waals surface area contributed by atoms with Gasteiger partial charge in [0.25, 0.3) is 0 Å². The third-order valence-corrected chi connectivity index (χ3v) is 2.27. The Hall–Kier alpha value is -1.16. The average Bonchev–Trinajstić information content (AvgIpc) is 2.30. The first-order valence-corrected chi connectivity index (χ1v) is 4.68. The van der Waals surface area contributed by atoms with Gasteiger partial charge in [-0.3, -0.25) is 4.98 Å². The van der Waals surface area contributed by atoms with Crippen molar-refractivity contribution in [1.82, 2.24) is 4.98 Å². The molecule has 1 atom stereocenters. The minimum Gasteiger partial charge on any atom is -0.320 e. The standard InChI is InChI=1S/C12H11FN2.2ClH/c13-11-5-3-9(4-6-11)12(14)10-2-1-7-15-8-10;;/h1-8,12H,14H2;2*1H. The maximum Gasteiger partial charge on any atom is 0.123 e. The lowest BCUT2D eigenvalue weighted by Crippen LogP contribution is -2.11. The fourth-order valence-corrected chi connectivity index (χ4v) is 1.42. The van der Waals surface area contributed by atoms with Crippen molar-refractivity contribution in [1.29, 1.82) is 0 Å². The molecule has 2 nitrogen and oxygen atoms in total. The summed E-state index contributed by atoms with van der Waals surface area (Å²) in [6, 6.07) is 9.68. The number of benzene rings is 1. The first-order valence-electron chi connectivity index (χ1n) is 4.68. The monoisotopic (exact) mass is 274 g/mol. The summed E-state index contributed by atoms with van der Waals surface area (Å²) >= 11 is 0. The zero-order valence-electron chi connectivity index (χ0n) is 8.92. The molecule has 2 rings (SSSR count). The quantitative estimate of drug-likeness (QED) is 0.914. The van der Waals surface area contributed by atoms with Crippen LogP contribution in [0.1, 0.15) is 17.2 Å². The van der Waals surface area contributed by atoms with Crippen LogP contribution in [0.15, 0.2) is 48.8 Å². The number of halogens is 3. The molecule has 1 heterocycles. The highest BCUT2D eigenvalue weighted by molar-refractivity contribution is 5.85. The lowest BCUT2D eigenvalue weighted by Gasteiger charge is -2.11. The maximum atomic E-state index is 12.7. The van der Waals surface area contributed by atoms with Crippen molar-refractivity contribution in [3.63, 3.8) is 0 Å². The van der Waals surface area contributed by atoms with Gasteiger partial charge in [-0.15, -0.1) is 24.8 Å². The molecule has 1 aromatic carbocycles. The molecule has 2 aromatic rings. The van der Waals surface area contributed by atoms with Crippen LogP contribution in [0, 0.1) is 5.82 Å². The maximum absolute atomic E-state index is 12.7. The predicted molar refractivity (Wildman–Crippen MR) is 71.2 cm³/mol. The zero-order chi connectivity index (χ0) is 10.7. The Kier molecular flexibility index (Phi) is 6.73. The Morgan fingerprint density at radius 1 is 1.00 bits per heavy atom. The van der Waals surface area contributed by atoms with Crippen LogP contribution in [-0.4, -0.2) is 4.98 Å². The van der Waals surface area contributed by atoms with Gasteiger partial charge in [-0.2, -0.15) is 0 Å². The number of aromatic nitrogens is 1. The van der Waals surface area contributed by atoms with Crippen LogP contribution in [-0.2, 0) is 0 Å². The summed E-state index contributed by atoms with van der Waals surface area (Å²) in [5.74, 6) is -0.253. The highest BCUT2D eigenvalue weighted by Gasteiger charge is 2.08. The summed E-state index contributed by atoms with van der Waals surface area (Å²) in [7, 11) is 0. The Bertz CT molecular complexity index is 434. The van der Waals surface area contributed by atoms with E-state index in [2.05, 4.69) is 4.98 Å². The molecule has 1 unspecified atom stereocenters. The second kappa shape index (κ2) is 7.22. The SMILES string of the molecule is Cl.Cl.NC(c1ccc(F)cc1)c1cccnc1. The van der Waals surface area contributed by atoms with Gasteiger partial charge < -0.3 is 5.73 Å². The second-order valence-corrected chi connectivity index (χ2v) is 3.32. The molecule has 0 radical (unpaired) electrons. The van der Waals surface area contributed by atoms with Crippen LogP contribution in [0.25, 0.3) is 0 Å². The van der Waals surface area contributed by atoms with Crippen LogP contribution in [0.4, 0.5) is 4.39 Å². The Morgan fingerprint density at radius 2 is 1.65 bits per heavy atom. The number of hydrogen-bond acceptors (Lipinski definition) is 2. The minimum absolute atomic E-state index is 0. The summed E-state index contributed by atoms with van der Waals surface area (Å²) in [5.41, 5.74) is 7.80. The molecule has 5 heteroatoms. The number of hydrogen-bond donors (Lipinski definition) is 1. The van der Waals surface area contributed by atoms with Crippen molar-refractivity contribution < 1.29 is 4.39 Å². The number of pyridine rings is 1. The third-order valence-electron chi connectivity index (χ3n) is 2.27. The second-order valence-electron chi connectivity index (χ2n) is 3.32. The van der Waals surface area contributed by atoms with E-state index in [0.717, 1.165) is 11.1 Å². The van der Waals surface area contributed by atoms with Gasteiger partial charge in [0, 0.05) is 12.4 Å². The van der Waals surface area contributed by atoms with Gasteiger partial charge >= 0.3 is 0 Å². The lowest BCUT2D eigenvalue weighted by atomic mass is 10.0. The Balaban J connectivity index is 0.00000128. The van der Waals surface area contributed by atoms with E-state index in [0.29, 0.717) is 0 Å². The molecule has 0 saturated heterocycles. The van der Waals surface area contributed by atoms with Crippen molar-refractivity contribution in [3.8, 4) is 0 Å². The molecule has 1 aromatic heterocycles. The molecule has 0 spiro atoms. The normalized spacial score (nSPS) is 10.9. The first-order chi connectivity index (χ1) is 7.27. The summed E-state index contributed by atoms with van der Waals surface area (Å²) in [6.07, 6.45) is 3.41. The highest BCUT2D eigenvalue weighted by atomic mass is 35.5. The Morgan fingerprint density at radius 3 is 2.18 bits per heavy atom. The number of nitrogens with two attached hydrogens (primary N) is 1. The molecule has 0 aliphatic carbocycles. The summed E-state index contributed by atoms with van der Waals surface area (Å²) < 4.78 is 12.7. The van der Waals surface area contributed by atoms with E-state index in [1.807, 2.05) is 12.1 Å². The van der Waals surface area contributed by atoms with E-state index in [9.17, 15) is 4.39 Å². The summed E-state index contributed by atoms with van der Waals surface area (Å²) in [4.78, 5) is 3.99. The average molecular weight is 275 g/mol. The molecule has 0 fully saturated rings. The number of nitrogens with zero attached hydrogens (tertiary/aromatic N) is 1. The van der Waals surface area contributed by atoms with Gasteiger partial charge in [0.05, 0.1) is 6.04 Å². The molecule has 2 N–H and O–H groups in total. The summed E-state index contributed by atoms with van der Waals surface area (Å²) in [5, 5.41) is 0. The Labute approximate surface area is 112 Å². The zero-order valence-corrected chi connectivity index (χ0v) is 10.5. The molecule has 0 saturated carbocycles. The highest BCUT2D eigenvalue weighted by Crippen LogP contribution is 2.18. The van der Waals surface area contributed by atoms with Crippen molar-refractivity contribution in [2.75, 3.05) is 0 Å². The minimum atomic E-state index is -0.253. The number of rotatable bonds is 2. The van der Waals surface area contributed by atoms with E-state index in [-0.39, 0.29) is 36.7 Å². The van der Waals surface area contributed by atoms with Crippen molar-refractivity contribution in [2.45, 2.75) is 6.04 Å². The van der Waals surface area contributed by atoms with E-state index in [1.165, 1.54) is 12.1 Å². The van der Waals surface area contributed by atoms with Crippen LogP contribution in [0.5, 0.6) is 0 Å². The van der Waals surface area contributed by atoms with E-state index >= 15 is 0 Å². The molecule has 0 amide bonds. The molecular weight excluding hydrogens is 262 g/mol. The molecule has 0 aliphatic heterocycles. The fourth-order valence-electron chi connectivity index (χ4n) is 1.42. The smallest absolute Gasteiger partial charge is 0.123 e. The van der Waals surface area contributed by atoms with Crippen molar-refractivity contribution in [2.24, 2.45) is 5.73 Å². The van der Waals surface area contributed by atoms with Gasteiger partial charge in [0.2, 0.25) is 0 Å². The van der Waals surface area contributed by atoms with E-state index in [4.69, 9.17) is 5.73 Å². The molecule has 17 heavy (non-hydrogen) atoms. The van der Waals surface area contributed by atoms with Gasteiger partial charge in [-0.05, 0) is 29.3 Å². The van der Waals surface area contributed by atoms with Crippen LogP contribution >= 0.6 is 24.8 Å². The molecule has 92 valence electrons. The topological polar surface area (TPSA) is 38.9 Å². The largest absolute Gasteiger partial charge is 0.320 e. The lowest BCUT2D eigenvalue weighted by molar-refractivity contribution is 0.626. The van der Waals surface area contributed by atoms with Crippen LogP contribution in [0.2, 0.25) is 0 Å². The van der Waals surface area contributed by atoms with Gasteiger partial charge in [-0.25, -0.2) is 4.39 Å². The van der Waals surface area contributed by atoms with E-state index < -0.39 is 0 Å². The van der Waals surface area contributed by atoms with Gasteiger partial charge in [0.15, 0.2) is 0 Å². The van der Waals surface area contributed by atoms with Crippen molar-refractivity contribution >= 4 is 24.8 Å². The molecular formula is C12H13Cl2FN2. The van der Waals surface area contributed by atoms with Crippen molar-refractivity contribution in [3.05, 3.63) is 65.7 Å². The fraction of sp³-hybridized carbons (Fsp3) is 0.0833.